The fraction of sp³-hybridized carbons (Fsp3) is 0.143. The maximum absolute atomic E-state index is 13.3. The Morgan fingerprint density at radius 2 is 1.81 bits per heavy atom. The average Bonchev–Trinajstić information content (AvgIpc) is 3.39. The highest BCUT2D eigenvalue weighted by Crippen LogP contribution is 2.21. The Bertz CT molecular complexity index is 1230. The molecule has 2 aromatic carbocycles. The van der Waals surface area contributed by atoms with Crippen LogP contribution in [0.5, 0.6) is 0 Å². The molecule has 4 aromatic rings. The molecule has 1 fully saturated rings. The smallest absolute Gasteiger partial charge is 0.283 e. The summed E-state index contributed by atoms with van der Waals surface area (Å²) in [6, 6.07) is 17.2. The van der Waals surface area contributed by atoms with E-state index in [9.17, 15) is 4.79 Å². The van der Waals surface area contributed by atoms with E-state index in [1.165, 1.54) is 0 Å². The third-order valence-electron chi connectivity index (χ3n) is 4.92. The molecule has 0 aliphatic carbocycles. The number of nitrogens with zero attached hydrogens (tertiary/aromatic N) is 3. The third kappa shape index (κ3) is 2.62. The predicted molar refractivity (Wildman–Crippen MR) is 107 cm³/mol. The van der Waals surface area contributed by atoms with Crippen molar-refractivity contribution in [1.29, 1.82) is 0 Å². The van der Waals surface area contributed by atoms with Crippen LogP contribution in [-0.4, -0.2) is 20.7 Å². The number of nitrogens with one attached hydrogen (secondary N) is 1. The van der Waals surface area contributed by atoms with Crippen molar-refractivity contribution in [3.05, 3.63) is 81.4 Å². The molecule has 0 unspecified atom stereocenters. The number of fused-ring (bicyclic) bond motifs is 1. The second-order valence-corrected chi connectivity index (χ2v) is 7.07. The Balaban J connectivity index is 1.84. The summed E-state index contributed by atoms with van der Waals surface area (Å²) >= 11 is 6.01. The monoisotopic (exact) mass is 376 g/mol. The van der Waals surface area contributed by atoms with Gasteiger partial charge in [0.15, 0.2) is 5.65 Å². The van der Waals surface area contributed by atoms with Crippen LogP contribution in [0.15, 0.2) is 65.6 Å². The minimum absolute atomic E-state index is 0.0456. The number of aromatic nitrogens is 3. The van der Waals surface area contributed by atoms with Gasteiger partial charge in [-0.15, -0.1) is 0 Å². The van der Waals surface area contributed by atoms with Crippen LogP contribution in [0.4, 0.5) is 0 Å². The summed E-state index contributed by atoms with van der Waals surface area (Å²) in [7, 11) is 0. The second kappa shape index (κ2) is 6.28. The number of benzene rings is 2. The van der Waals surface area contributed by atoms with Crippen LogP contribution in [-0.2, 0) is 0 Å². The van der Waals surface area contributed by atoms with Gasteiger partial charge in [0.1, 0.15) is 5.22 Å². The number of hydrogen-bond donors (Lipinski definition) is 1. The normalized spacial score (nSPS) is 16.0. The zero-order valence-corrected chi connectivity index (χ0v) is 15.3. The molecular weight excluding hydrogens is 360 g/mol. The van der Waals surface area contributed by atoms with Crippen LogP contribution in [0.25, 0.3) is 28.3 Å². The molecule has 0 radical (unpaired) electrons. The van der Waals surface area contributed by atoms with Crippen molar-refractivity contribution in [1.82, 2.24) is 19.5 Å². The van der Waals surface area contributed by atoms with Crippen molar-refractivity contribution in [2.75, 3.05) is 6.54 Å². The summed E-state index contributed by atoms with van der Waals surface area (Å²) in [6.45, 7) is 0.891. The van der Waals surface area contributed by atoms with E-state index < -0.39 is 0 Å². The van der Waals surface area contributed by atoms with Gasteiger partial charge in [-0.2, -0.15) is 0 Å². The highest BCUT2D eigenvalue weighted by molar-refractivity contribution is 6.30. The Morgan fingerprint density at radius 1 is 1.04 bits per heavy atom. The van der Waals surface area contributed by atoms with Gasteiger partial charge >= 0.3 is 0 Å². The van der Waals surface area contributed by atoms with Gasteiger partial charge in [0.05, 0.1) is 17.6 Å². The third-order valence-corrected chi connectivity index (χ3v) is 5.17. The minimum Gasteiger partial charge on any atom is -0.388 e. The van der Waals surface area contributed by atoms with E-state index in [0.717, 1.165) is 42.0 Å². The molecule has 0 atom stereocenters. The van der Waals surface area contributed by atoms with Crippen molar-refractivity contribution < 1.29 is 0 Å². The van der Waals surface area contributed by atoms with E-state index in [-0.39, 0.29) is 5.56 Å². The molecule has 0 saturated carbocycles. The molecule has 1 saturated heterocycles. The van der Waals surface area contributed by atoms with E-state index in [1.807, 2.05) is 65.3 Å². The lowest BCUT2D eigenvalue weighted by Gasteiger charge is -2.03. The highest BCUT2D eigenvalue weighted by Gasteiger charge is 2.19. The van der Waals surface area contributed by atoms with E-state index in [2.05, 4.69) is 5.32 Å². The van der Waals surface area contributed by atoms with Crippen LogP contribution < -0.4 is 16.1 Å². The lowest BCUT2D eigenvalue weighted by Crippen LogP contribution is -2.32. The SMILES string of the molecule is O=c1/c(=C2/CCCN2)c2nc(-c3ccc(Cl)cc3)cn2n1-c1ccccc1. The largest absolute Gasteiger partial charge is 0.388 e. The topological polar surface area (TPSA) is 51.3 Å². The average molecular weight is 377 g/mol. The van der Waals surface area contributed by atoms with E-state index in [1.54, 1.807) is 4.68 Å². The zero-order valence-electron chi connectivity index (χ0n) is 14.5. The summed E-state index contributed by atoms with van der Waals surface area (Å²) in [5.41, 5.74) is 4.20. The Labute approximate surface area is 160 Å². The molecule has 0 bridgehead atoms. The van der Waals surface area contributed by atoms with Crippen molar-refractivity contribution in [2.24, 2.45) is 0 Å². The van der Waals surface area contributed by atoms with Crippen LogP contribution in [0.1, 0.15) is 12.8 Å². The summed E-state index contributed by atoms with van der Waals surface area (Å²) in [5.74, 6) is 0. The van der Waals surface area contributed by atoms with Crippen LogP contribution in [0.3, 0.4) is 0 Å². The molecule has 6 heteroatoms. The lowest BCUT2D eigenvalue weighted by molar-refractivity contribution is 0.778. The van der Waals surface area contributed by atoms with Crippen molar-refractivity contribution in [3.8, 4) is 16.9 Å². The minimum atomic E-state index is -0.0456. The Morgan fingerprint density at radius 3 is 2.52 bits per heavy atom. The van der Waals surface area contributed by atoms with Gasteiger partial charge in [0.2, 0.25) is 0 Å². The lowest BCUT2D eigenvalue weighted by atomic mass is 10.2. The molecule has 0 spiro atoms. The Hall–Kier alpha value is -3.05. The van der Waals surface area contributed by atoms with E-state index in [4.69, 9.17) is 16.6 Å². The molecule has 2 aromatic heterocycles. The molecule has 3 heterocycles. The fourth-order valence-corrected chi connectivity index (χ4v) is 3.76. The first-order valence-electron chi connectivity index (χ1n) is 8.95. The quantitative estimate of drug-likeness (QED) is 0.585. The Kier molecular flexibility index (Phi) is 3.76. The first-order chi connectivity index (χ1) is 13.2. The van der Waals surface area contributed by atoms with Crippen molar-refractivity contribution >= 4 is 22.9 Å². The molecule has 134 valence electrons. The summed E-state index contributed by atoms with van der Waals surface area (Å²) in [4.78, 5) is 18.1. The van der Waals surface area contributed by atoms with Gasteiger partial charge in [-0.3, -0.25) is 4.79 Å². The van der Waals surface area contributed by atoms with Crippen molar-refractivity contribution in [2.45, 2.75) is 12.8 Å². The molecule has 0 amide bonds. The standard InChI is InChI=1S/C21H17ClN4O/c22-15-10-8-14(9-11-15)18-13-25-20(24-18)19(17-7-4-12-23-17)21(27)26(25)16-5-2-1-3-6-16/h1-3,5-6,8-11,13,23H,4,7,12H2/b19-17-. The van der Waals surface area contributed by atoms with Gasteiger partial charge in [0, 0.05) is 22.8 Å². The number of halogens is 1. The summed E-state index contributed by atoms with van der Waals surface area (Å²) in [6.07, 6.45) is 3.81. The summed E-state index contributed by atoms with van der Waals surface area (Å²) in [5, 5.41) is 4.71. The first kappa shape index (κ1) is 16.1. The maximum atomic E-state index is 13.3. The van der Waals surface area contributed by atoms with Gasteiger partial charge in [-0.1, -0.05) is 41.9 Å². The number of hydrogen-bond acceptors (Lipinski definition) is 3. The van der Waals surface area contributed by atoms with E-state index in [0.29, 0.717) is 15.9 Å². The van der Waals surface area contributed by atoms with Crippen molar-refractivity contribution in [3.63, 3.8) is 0 Å². The molecule has 1 N–H and O–H groups in total. The van der Waals surface area contributed by atoms with Gasteiger partial charge in [0.25, 0.3) is 5.56 Å². The van der Waals surface area contributed by atoms with Gasteiger partial charge in [-0.05, 0) is 37.1 Å². The van der Waals surface area contributed by atoms with Gasteiger partial charge < -0.3 is 5.32 Å². The van der Waals surface area contributed by atoms with Crippen LogP contribution >= 0.6 is 11.6 Å². The molecule has 5 rings (SSSR count). The number of imidazole rings is 1. The second-order valence-electron chi connectivity index (χ2n) is 6.64. The number of rotatable bonds is 2. The molecule has 5 nitrogen and oxygen atoms in total. The zero-order chi connectivity index (χ0) is 18.4. The number of para-hydroxylation sites is 1. The molecule has 1 aliphatic heterocycles. The molecule has 1 aliphatic rings. The molecular formula is C21H17ClN4O. The highest BCUT2D eigenvalue weighted by atomic mass is 35.5. The fourth-order valence-electron chi connectivity index (χ4n) is 3.63. The predicted octanol–water partition coefficient (Wildman–Crippen LogP) is 3.02. The van der Waals surface area contributed by atoms with Gasteiger partial charge in [-0.25, -0.2) is 14.2 Å². The van der Waals surface area contributed by atoms with Crippen LogP contribution in [0.2, 0.25) is 5.02 Å². The van der Waals surface area contributed by atoms with E-state index >= 15 is 0 Å². The molecule has 27 heavy (non-hydrogen) atoms. The summed E-state index contributed by atoms with van der Waals surface area (Å²) < 4.78 is 3.54. The van der Waals surface area contributed by atoms with Crippen LogP contribution in [0, 0.1) is 0 Å². The maximum Gasteiger partial charge on any atom is 0.283 e. The first-order valence-corrected chi connectivity index (χ1v) is 9.33.